The fourth-order valence-corrected chi connectivity index (χ4v) is 2.09. The van der Waals surface area contributed by atoms with Crippen LogP contribution in [0.3, 0.4) is 0 Å². The Kier molecular flexibility index (Phi) is 3.51. The summed E-state index contributed by atoms with van der Waals surface area (Å²) in [6.07, 6.45) is -0.180. The highest BCUT2D eigenvalue weighted by atomic mass is 16.2. The highest BCUT2D eigenvalue weighted by molar-refractivity contribution is 6.13. The van der Waals surface area contributed by atoms with Crippen molar-refractivity contribution in [1.29, 1.82) is 5.41 Å². The topological polar surface area (TPSA) is 130 Å². The van der Waals surface area contributed by atoms with E-state index in [1.807, 2.05) is 0 Å². The molecular formula is C13H14N4O3. The Balaban J connectivity index is 2.20. The van der Waals surface area contributed by atoms with Crippen LogP contribution in [0.5, 0.6) is 0 Å². The summed E-state index contributed by atoms with van der Waals surface area (Å²) in [5.74, 6) is -2.95. The second kappa shape index (κ2) is 5.12. The standard InChI is InChI=1S/C13H14N4O3/c14-11(15)8-3-1-2-7(4-8)6-17-10(18)5-9(12(16)19)13(17)20/h1-4,9H,5-6H2,(H3,14,15)(H2,16,19)/t9-/m0/s1. The molecule has 0 spiro atoms. The smallest absolute Gasteiger partial charge is 0.242 e. The number of benzene rings is 1. The van der Waals surface area contributed by atoms with Crippen molar-refractivity contribution in [2.24, 2.45) is 17.4 Å². The van der Waals surface area contributed by atoms with Crippen molar-refractivity contribution in [3.8, 4) is 0 Å². The van der Waals surface area contributed by atoms with Crippen LogP contribution in [0.2, 0.25) is 0 Å². The van der Waals surface area contributed by atoms with Gasteiger partial charge < -0.3 is 11.5 Å². The van der Waals surface area contributed by atoms with Gasteiger partial charge in [0.25, 0.3) is 0 Å². The second-order valence-corrected chi connectivity index (χ2v) is 4.59. The number of amidine groups is 1. The summed E-state index contributed by atoms with van der Waals surface area (Å²) >= 11 is 0. The van der Waals surface area contributed by atoms with Crippen molar-refractivity contribution in [3.05, 3.63) is 35.4 Å². The molecule has 1 aliphatic heterocycles. The molecule has 0 bridgehead atoms. The average Bonchev–Trinajstić information content (AvgIpc) is 2.67. The summed E-state index contributed by atoms with van der Waals surface area (Å²) < 4.78 is 0. The summed E-state index contributed by atoms with van der Waals surface area (Å²) in [6.45, 7) is 0.0442. The summed E-state index contributed by atoms with van der Waals surface area (Å²) in [6, 6.07) is 6.68. The van der Waals surface area contributed by atoms with Crippen LogP contribution in [-0.4, -0.2) is 28.5 Å². The maximum absolute atomic E-state index is 11.9. The lowest BCUT2D eigenvalue weighted by Gasteiger charge is -2.15. The van der Waals surface area contributed by atoms with Gasteiger partial charge in [-0.15, -0.1) is 0 Å². The van der Waals surface area contributed by atoms with Gasteiger partial charge in [-0.05, 0) is 11.6 Å². The molecular weight excluding hydrogens is 260 g/mol. The van der Waals surface area contributed by atoms with E-state index in [9.17, 15) is 14.4 Å². The Hall–Kier alpha value is -2.70. The van der Waals surface area contributed by atoms with E-state index in [0.29, 0.717) is 11.1 Å². The van der Waals surface area contributed by atoms with Crippen LogP contribution in [0.15, 0.2) is 24.3 Å². The number of hydrogen-bond donors (Lipinski definition) is 3. The van der Waals surface area contributed by atoms with Crippen molar-refractivity contribution in [1.82, 2.24) is 4.90 Å². The highest BCUT2D eigenvalue weighted by Crippen LogP contribution is 2.21. The predicted octanol–water partition coefficient (Wildman–Crippen LogP) is -0.669. The van der Waals surface area contributed by atoms with Crippen molar-refractivity contribution >= 4 is 23.6 Å². The van der Waals surface area contributed by atoms with Gasteiger partial charge in [0.05, 0.1) is 6.54 Å². The number of rotatable bonds is 4. The molecule has 1 atom stereocenters. The van der Waals surface area contributed by atoms with Crippen LogP contribution in [0.25, 0.3) is 0 Å². The number of nitrogens with two attached hydrogens (primary N) is 2. The van der Waals surface area contributed by atoms with E-state index in [-0.39, 0.29) is 18.8 Å². The number of amides is 3. The van der Waals surface area contributed by atoms with Crippen LogP contribution in [0.4, 0.5) is 0 Å². The van der Waals surface area contributed by atoms with Gasteiger partial charge in [0.2, 0.25) is 17.7 Å². The molecule has 20 heavy (non-hydrogen) atoms. The first kappa shape index (κ1) is 13.7. The van der Waals surface area contributed by atoms with Crippen molar-refractivity contribution in [2.45, 2.75) is 13.0 Å². The number of nitrogens with one attached hydrogen (secondary N) is 1. The van der Waals surface area contributed by atoms with Gasteiger partial charge in [-0.3, -0.25) is 24.7 Å². The van der Waals surface area contributed by atoms with E-state index in [4.69, 9.17) is 16.9 Å². The van der Waals surface area contributed by atoms with E-state index in [0.717, 1.165) is 4.90 Å². The van der Waals surface area contributed by atoms with Gasteiger partial charge >= 0.3 is 0 Å². The molecule has 1 heterocycles. The first-order chi connectivity index (χ1) is 9.40. The molecule has 0 saturated carbocycles. The number of likely N-dealkylation sites (tertiary alicyclic amines) is 1. The van der Waals surface area contributed by atoms with Crippen LogP contribution in [0, 0.1) is 11.3 Å². The average molecular weight is 274 g/mol. The SMILES string of the molecule is N=C(N)c1cccc(CN2C(=O)C[C@@H](C(N)=O)C2=O)c1. The van der Waals surface area contributed by atoms with E-state index in [2.05, 4.69) is 0 Å². The number of hydrogen-bond acceptors (Lipinski definition) is 4. The molecule has 1 saturated heterocycles. The molecule has 104 valence electrons. The van der Waals surface area contributed by atoms with Crippen molar-refractivity contribution in [2.75, 3.05) is 0 Å². The summed E-state index contributed by atoms with van der Waals surface area (Å²) in [5.41, 5.74) is 11.6. The lowest BCUT2D eigenvalue weighted by Crippen LogP contribution is -2.34. The number of nitrogen functional groups attached to an aromatic ring is 1. The van der Waals surface area contributed by atoms with Crippen LogP contribution in [0.1, 0.15) is 17.5 Å². The van der Waals surface area contributed by atoms with Crippen molar-refractivity contribution < 1.29 is 14.4 Å². The van der Waals surface area contributed by atoms with Gasteiger partial charge in [-0.25, -0.2) is 0 Å². The van der Waals surface area contributed by atoms with E-state index >= 15 is 0 Å². The highest BCUT2D eigenvalue weighted by Gasteiger charge is 2.41. The molecule has 3 amide bonds. The largest absolute Gasteiger partial charge is 0.384 e. The Labute approximate surface area is 115 Å². The molecule has 0 aromatic heterocycles. The molecule has 0 radical (unpaired) electrons. The molecule has 1 aromatic rings. The maximum atomic E-state index is 11.9. The number of nitrogens with zero attached hydrogens (tertiary/aromatic N) is 1. The van der Waals surface area contributed by atoms with Gasteiger partial charge in [0.15, 0.2) is 0 Å². The molecule has 1 aromatic carbocycles. The molecule has 1 aliphatic rings. The van der Waals surface area contributed by atoms with E-state index in [1.165, 1.54) is 0 Å². The fourth-order valence-electron chi connectivity index (χ4n) is 2.09. The fraction of sp³-hybridized carbons (Fsp3) is 0.231. The number of carbonyl (C=O) groups is 3. The second-order valence-electron chi connectivity index (χ2n) is 4.59. The molecule has 1 fully saturated rings. The lowest BCUT2D eigenvalue weighted by atomic mass is 10.1. The summed E-state index contributed by atoms with van der Waals surface area (Å²) in [7, 11) is 0. The minimum absolute atomic E-state index is 0.0442. The molecule has 0 aliphatic carbocycles. The van der Waals surface area contributed by atoms with E-state index in [1.54, 1.807) is 24.3 Å². The van der Waals surface area contributed by atoms with Crippen LogP contribution in [-0.2, 0) is 20.9 Å². The van der Waals surface area contributed by atoms with Gasteiger partial charge in [-0.2, -0.15) is 0 Å². The predicted molar refractivity (Wildman–Crippen MR) is 70.3 cm³/mol. The number of imide groups is 1. The Morgan fingerprint density at radius 1 is 1.35 bits per heavy atom. The third-order valence-electron chi connectivity index (χ3n) is 3.17. The molecule has 0 unspecified atom stereocenters. The first-order valence-corrected chi connectivity index (χ1v) is 5.97. The lowest BCUT2D eigenvalue weighted by molar-refractivity contribution is -0.141. The Bertz CT molecular complexity index is 611. The maximum Gasteiger partial charge on any atom is 0.242 e. The van der Waals surface area contributed by atoms with Gasteiger partial charge in [0.1, 0.15) is 11.8 Å². The summed E-state index contributed by atoms with van der Waals surface area (Å²) in [5, 5.41) is 7.35. The number of carbonyl (C=O) groups excluding carboxylic acids is 3. The zero-order chi connectivity index (χ0) is 14.9. The molecule has 7 nitrogen and oxygen atoms in total. The molecule has 5 N–H and O–H groups in total. The first-order valence-electron chi connectivity index (χ1n) is 5.97. The minimum Gasteiger partial charge on any atom is -0.384 e. The third-order valence-corrected chi connectivity index (χ3v) is 3.17. The zero-order valence-electron chi connectivity index (χ0n) is 10.6. The third kappa shape index (κ3) is 2.51. The van der Waals surface area contributed by atoms with Crippen LogP contribution >= 0.6 is 0 Å². The monoisotopic (exact) mass is 274 g/mol. The quantitative estimate of drug-likeness (QED) is 0.291. The number of primary amides is 1. The normalized spacial score (nSPS) is 18.4. The molecule has 7 heteroatoms. The minimum atomic E-state index is -1.07. The Morgan fingerprint density at radius 2 is 2.05 bits per heavy atom. The van der Waals surface area contributed by atoms with Crippen molar-refractivity contribution in [3.63, 3.8) is 0 Å². The zero-order valence-corrected chi connectivity index (χ0v) is 10.6. The van der Waals surface area contributed by atoms with E-state index < -0.39 is 23.6 Å². The van der Waals surface area contributed by atoms with Gasteiger partial charge in [-0.1, -0.05) is 18.2 Å². The van der Waals surface area contributed by atoms with Crippen LogP contribution < -0.4 is 11.5 Å². The Morgan fingerprint density at radius 3 is 2.60 bits per heavy atom. The molecule has 2 rings (SSSR count). The summed E-state index contributed by atoms with van der Waals surface area (Å²) in [4.78, 5) is 35.8. The van der Waals surface area contributed by atoms with Gasteiger partial charge in [0, 0.05) is 12.0 Å².